The molecule has 10 aromatic carbocycles. The third kappa shape index (κ3) is 4.80. The molecule has 13 aromatic rings. The molecular weight excluding hydrogens is 806 g/mol. The van der Waals surface area contributed by atoms with Gasteiger partial charge in [0.05, 0.1) is 27.8 Å². The zero-order chi connectivity index (χ0) is 42.3. The van der Waals surface area contributed by atoms with E-state index in [4.69, 9.17) is 0 Å². The summed E-state index contributed by atoms with van der Waals surface area (Å²) in [4.78, 5) is 2.62. The highest BCUT2D eigenvalue weighted by Crippen LogP contribution is 2.49. The van der Waals surface area contributed by atoms with Crippen molar-refractivity contribution in [1.29, 1.82) is 0 Å². The molecule has 65 heavy (non-hydrogen) atoms. The van der Waals surface area contributed by atoms with E-state index in [9.17, 15) is 0 Å². The van der Waals surface area contributed by atoms with E-state index in [0.717, 1.165) is 11.4 Å². The summed E-state index contributed by atoms with van der Waals surface area (Å²) < 4.78 is 7.79. The van der Waals surface area contributed by atoms with Crippen LogP contribution in [0.5, 0.6) is 0 Å². The van der Waals surface area contributed by atoms with Crippen LogP contribution in [0.3, 0.4) is 0 Å². The topological polar surface area (TPSA) is 13.1 Å². The standard InChI is InChI=1S/C60H36BN3S/c1-4-18-37(19-5-1)39-32-54-57-55(33-39)64-51-30-16-12-26-43(51)46-34-47-44-27-13-17-31-56(44)65-60(47)58(59(46)64)61(57)48-36-52-45(42-25-11-15-29-50(42)62(52)40-22-8-3-9-23-40)35-53(48)63(54)49-28-14-10-24-41(49)38-20-6-2-7-21-38/h1-36H. The minimum Gasteiger partial charge on any atom is -0.311 e. The first-order valence-corrected chi connectivity index (χ1v) is 23.3. The van der Waals surface area contributed by atoms with Gasteiger partial charge in [0.15, 0.2) is 0 Å². The monoisotopic (exact) mass is 841 g/mol. The van der Waals surface area contributed by atoms with Crippen LogP contribution in [0.4, 0.5) is 17.1 Å². The lowest BCUT2D eigenvalue weighted by molar-refractivity contribution is 1.17. The molecule has 2 aliphatic heterocycles. The van der Waals surface area contributed by atoms with Crippen LogP contribution in [0.25, 0.3) is 97.4 Å². The zero-order valence-corrected chi connectivity index (χ0v) is 35.9. The van der Waals surface area contributed by atoms with E-state index < -0.39 is 0 Å². The number of thiophene rings is 1. The summed E-state index contributed by atoms with van der Waals surface area (Å²) in [5.41, 5.74) is 19.8. The van der Waals surface area contributed by atoms with Gasteiger partial charge in [-0.2, -0.15) is 0 Å². The lowest BCUT2D eigenvalue weighted by atomic mass is 9.33. The maximum absolute atomic E-state index is 2.62. The second kappa shape index (κ2) is 13.2. The quantitative estimate of drug-likeness (QED) is 0.161. The Hall–Kier alpha value is -8.12. The van der Waals surface area contributed by atoms with Gasteiger partial charge in [0.2, 0.25) is 0 Å². The zero-order valence-electron chi connectivity index (χ0n) is 35.1. The van der Waals surface area contributed by atoms with Gasteiger partial charge < -0.3 is 14.0 Å². The lowest BCUT2D eigenvalue weighted by Gasteiger charge is -2.41. The van der Waals surface area contributed by atoms with Gasteiger partial charge in [-0.1, -0.05) is 152 Å². The van der Waals surface area contributed by atoms with Gasteiger partial charge in [-0.3, -0.25) is 0 Å². The predicted octanol–water partition coefficient (Wildman–Crippen LogP) is 14.2. The Bertz CT molecular complexity index is 4130. The van der Waals surface area contributed by atoms with Gasteiger partial charge in [-0.05, 0) is 99.8 Å². The first-order valence-electron chi connectivity index (χ1n) is 22.5. The minimum atomic E-state index is -0.0670. The highest BCUT2D eigenvalue weighted by Gasteiger charge is 2.44. The van der Waals surface area contributed by atoms with E-state index in [1.165, 1.54) is 119 Å². The van der Waals surface area contributed by atoms with Crippen molar-refractivity contribution in [3.8, 4) is 33.6 Å². The molecule has 0 bridgehead atoms. The highest BCUT2D eigenvalue weighted by molar-refractivity contribution is 7.28. The molecule has 0 saturated carbocycles. The normalized spacial score (nSPS) is 12.9. The number of rotatable bonds is 4. The van der Waals surface area contributed by atoms with Crippen LogP contribution in [0.1, 0.15) is 0 Å². The fourth-order valence-electron chi connectivity index (χ4n) is 11.6. The van der Waals surface area contributed by atoms with Gasteiger partial charge in [0, 0.05) is 70.0 Å². The molecule has 2 aliphatic rings. The van der Waals surface area contributed by atoms with Crippen molar-refractivity contribution in [2.24, 2.45) is 0 Å². The van der Waals surface area contributed by atoms with Crippen LogP contribution in [-0.2, 0) is 0 Å². The van der Waals surface area contributed by atoms with Gasteiger partial charge in [0.25, 0.3) is 6.71 Å². The van der Waals surface area contributed by atoms with Crippen LogP contribution in [0, 0.1) is 0 Å². The first-order chi connectivity index (χ1) is 32.3. The van der Waals surface area contributed by atoms with Crippen molar-refractivity contribution >= 4 is 115 Å². The molecule has 0 aliphatic carbocycles. The third-order valence-corrected chi connectivity index (χ3v) is 15.5. The van der Waals surface area contributed by atoms with E-state index in [1.54, 1.807) is 0 Å². The molecule has 3 aromatic heterocycles. The van der Waals surface area contributed by atoms with E-state index in [2.05, 4.69) is 232 Å². The molecular formula is C60H36BN3S. The van der Waals surface area contributed by atoms with Crippen LogP contribution in [0.2, 0.25) is 0 Å². The van der Waals surface area contributed by atoms with Gasteiger partial charge in [0.1, 0.15) is 0 Å². The summed E-state index contributed by atoms with van der Waals surface area (Å²) in [5, 5.41) is 7.73. The number of hydrogen-bond donors (Lipinski definition) is 0. The molecule has 0 unspecified atom stereocenters. The Labute approximate surface area is 379 Å². The van der Waals surface area contributed by atoms with E-state index >= 15 is 0 Å². The fraction of sp³-hybridized carbons (Fsp3) is 0. The molecule has 300 valence electrons. The number of nitrogens with zero attached hydrogens (tertiary/aromatic N) is 3. The van der Waals surface area contributed by atoms with Crippen LogP contribution in [0.15, 0.2) is 218 Å². The molecule has 0 amide bonds. The molecule has 5 heteroatoms. The largest absolute Gasteiger partial charge is 0.311 e. The number of fused-ring (bicyclic) bond motifs is 14. The van der Waals surface area contributed by atoms with Crippen molar-refractivity contribution in [3.63, 3.8) is 0 Å². The van der Waals surface area contributed by atoms with Gasteiger partial charge in [-0.15, -0.1) is 11.3 Å². The third-order valence-electron chi connectivity index (χ3n) is 14.3. The summed E-state index contributed by atoms with van der Waals surface area (Å²) in [6.07, 6.45) is 0. The van der Waals surface area contributed by atoms with Gasteiger partial charge >= 0.3 is 0 Å². The predicted molar refractivity (Wildman–Crippen MR) is 278 cm³/mol. The highest BCUT2D eigenvalue weighted by atomic mass is 32.1. The summed E-state index contributed by atoms with van der Waals surface area (Å²) in [6, 6.07) is 81.4. The maximum Gasteiger partial charge on any atom is 0.254 e. The van der Waals surface area contributed by atoms with E-state index in [-0.39, 0.29) is 6.71 Å². The Kier molecular flexibility index (Phi) is 7.19. The molecule has 5 heterocycles. The molecule has 3 nitrogen and oxygen atoms in total. The number of para-hydroxylation sites is 4. The average Bonchev–Trinajstić information content (AvgIpc) is 4.03. The number of hydrogen-bond acceptors (Lipinski definition) is 2. The molecule has 0 spiro atoms. The Morgan fingerprint density at radius 2 is 0.969 bits per heavy atom. The number of benzene rings is 10. The lowest BCUT2D eigenvalue weighted by Crippen LogP contribution is -2.60. The average molecular weight is 842 g/mol. The van der Waals surface area contributed by atoms with Crippen molar-refractivity contribution in [1.82, 2.24) is 9.13 Å². The van der Waals surface area contributed by atoms with Crippen LogP contribution >= 0.6 is 11.3 Å². The summed E-state index contributed by atoms with van der Waals surface area (Å²) in [6.45, 7) is -0.0670. The van der Waals surface area contributed by atoms with Crippen LogP contribution < -0.4 is 21.3 Å². The van der Waals surface area contributed by atoms with Crippen molar-refractivity contribution in [2.45, 2.75) is 0 Å². The van der Waals surface area contributed by atoms with Gasteiger partial charge in [-0.25, -0.2) is 0 Å². The number of aromatic nitrogens is 2. The van der Waals surface area contributed by atoms with Crippen molar-refractivity contribution in [3.05, 3.63) is 218 Å². The first kappa shape index (κ1) is 35.4. The SMILES string of the molecule is c1ccc(-c2cc3c4c(c2)-n2c5ccccc5c5cc6c(sc7ccccc76)c(c52)B4c2cc4c(cc2N3c2ccccc2-c2ccccc2)c2ccccc2n4-c2ccccc2)cc1. The molecule has 15 rings (SSSR count). The Morgan fingerprint density at radius 3 is 1.75 bits per heavy atom. The summed E-state index contributed by atoms with van der Waals surface area (Å²) in [5.74, 6) is 0. The smallest absolute Gasteiger partial charge is 0.254 e. The maximum atomic E-state index is 2.62. The molecule has 0 saturated heterocycles. The second-order valence-corrected chi connectivity index (χ2v) is 18.6. The molecule has 0 radical (unpaired) electrons. The Morgan fingerprint density at radius 1 is 0.354 bits per heavy atom. The van der Waals surface area contributed by atoms with Crippen molar-refractivity contribution < 1.29 is 0 Å². The van der Waals surface area contributed by atoms with E-state index in [0.29, 0.717) is 0 Å². The fourth-order valence-corrected chi connectivity index (χ4v) is 12.9. The Balaban J connectivity index is 1.18. The molecule has 0 N–H and O–H groups in total. The van der Waals surface area contributed by atoms with Crippen molar-refractivity contribution in [2.75, 3.05) is 4.90 Å². The number of anilines is 3. The summed E-state index contributed by atoms with van der Waals surface area (Å²) >= 11 is 1.95. The molecule has 0 fully saturated rings. The van der Waals surface area contributed by atoms with E-state index in [1.807, 2.05) is 11.3 Å². The summed E-state index contributed by atoms with van der Waals surface area (Å²) in [7, 11) is 0. The second-order valence-electron chi connectivity index (χ2n) is 17.6. The van der Waals surface area contributed by atoms with Crippen LogP contribution in [-0.4, -0.2) is 15.8 Å². The molecule has 0 atom stereocenters. The minimum absolute atomic E-state index is 0.0670.